The number of amides is 1. The highest BCUT2D eigenvalue weighted by molar-refractivity contribution is 9.10. The van der Waals surface area contributed by atoms with E-state index in [-0.39, 0.29) is 12.2 Å². The maximum absolute atomic E-state index is 12.8. The summed E-state index contributed by atoms with van der Waals surface area (Å²) in [6, 6.07) is 6.38. The number of aromatic nitrogens is 4. The SMILES string of the molecule is Cc1nn(Cn2ccc(C(=O)NCc3cccc(C(F)(F)F)c3)n2)c(C)c1Br. The maximum Gasteiger partial charge on any atom is 0.416 e. The molecule has 0 aliphatic carbocycles. The number of rotatable bonds is 5. The van der Waals surface area contributed by atoms with E-state index in [0.29, 0.717) is 12.2 Å². The largest absolute Gasteiger partial charge is 0.416 e. The van der Waals surface area contributed by atoms with Gasteiger partial charge in [-0.05, 0) is 53.5 Å². The van der Waals surface area contributed by atoms with E-state index in [4.69, 9.17) is 0 Å². The van der Waals surface area contributed by atoms with Gasteiger partial charge in [-0.1, -0.05) is 12.1 Å². The molecule has 0 saturated carbocycles. The minimum absolute atomic E-state index is 0.0278. The molecular weight excluding hydrogens is 439 g/mol. The van der Waals surface area contributed by atoms with Gasteiger partial charge in [0.05, 0.1) is 21.4 Å². The van der Waals surface area contributed by atoms with Crippen molar-refractivity contribution in [3.8, 4) is 0 Å². The van der Waals surface area contributed by atoms with E-state index >= 15 is 0 Å². The Labute approximate surface area is 167 Å². The smallest absolute Gasteiger partial charge is 0.347 e. The molecule has 0 spiro atoms. The van der Waals surface area contributed by atoms with E-state index in [2.05, 4.69) is 31.4 Å². The van der Waals surface area contributed by atoms with E-state index in [9.17, 15) is 18.0 Å². The summed E-state index contributed by atoms with van der Waals surface area (Å²) in [5.41, 5.74) is 1.56. The Bertz CT molecular complexity index is 1010. The third-order valence-electron chi connectivity index (χ3n) is 4.15. The van der Waals surface area contributed by atoms with Crippen LogP contribution in [0.5, 0.6) is 0 Å². The predicted octanol–water partition coefficient (Wildman–Crippen LogP) is 3.91. The highest BCUT2D eigenvalue weighted by atomic mass is 79.9. The first-order valence-electron chi connectivity index (χ1n) is 8.32. The van der Waals surface area contributed by atoms with E-state index in [1.54, 1.807) is 21.6 Å². The summed E-state index contributed by atoms with van der Waals surface area (Å²) in [7, 11) is 0. The van der Waals surface area contributed by atoms with Crippen LogP contribution in [0, 0.1) is 13.8 Å². The molecule has 3 rings (SSSR count). The van der Waals surface area contributed by atoms with E-state index in [0.717, 1.165) is 28.0 Å². The van der Waals surface area contributed by atoms with Crippen LogP contribution in [0.15, 0.2) is 41.0 Å². The number of hydrogen-bond acceptors (Lipinski definition) is 3. The Morgan fingerprint density at radius 3 is 2.61 bits per heavy atom. The molecule has 1 amide bonds. The number of nitrogens with zero attached hydrogens (tertiary/aromatic N) is 4. The predicted molar refractivity (Wildman–Crippen MR) is 99.6 cm³/mol. The van der Waals surface area contributed by atoms with Crippen molar-refractivity contribution in [1.82, 2.24) is 24.9 Å². The van der Waals surface area contributed by atoms with Crippen LogP contribution < -0.4 is 5.32 Å². The van der Waals surface area contributed by atoms with Crippen molar-refractivity contribution in [3.05, 3.63) is 69.2 Å². The van der Waals surface area contributed by atoms with Gasteiger partial charge >= 0.3 is 6.18 Å². The van der Waals surface area contributed by atoms with Crippen molar-refractivity contribution in [2.24, 2.45) is 0 Å². The molecular formula is C18H17BrF3N5O. The van der Waals surface area contributed by atoms with Gasteiger partial charge in [0.15, 0.2) is 0 Å². The third-order valence-corrected chi connectivity index (χ3v) is 5.30. The lowest BCUT2D eigenvalue weighted by Gasteiger charge is -2.09. The lowest BCUT2D eigenvalue weighted by Crippen LogP contribution is -2.24. The van der Waals surface area contributed by atoms with Crippen molar-refractivity contribution in [2.75, 3.05) is 0 Å². The summed E-state index contributed by atoms with van der Waals surface area (Å²) >= 11 is 3.45. The molecule has 0 fully saturated rings. The number of carbonyl (C=O) groups is 1. The summed E-state index contributed by atoms with van der Waals surface area (Å²) in [5, 5.41) is 11.2. The van der Waals surface area contributed by atoms with Crippen molar-refractivity contribution in [3.63, 3.8) is 0 Å². The summed E-state index contributed by atoms with van der Waals surface area (Å²) < 4.78 is 42.5. The molecule has 28 heavy (non-hydrogen) atoms. The second kappa shape index (κ2) is 7.78. The van der Waals surface area contributed by atoms with Gasteiger partial charge in [0.1, 0.15) is 12.4 Å². The number of aryl methyl sites for hydroxylation is 1. The second-order valence-corrected chi connectivity index (χ2v) is 7.04. The minimum Gasteiger partial charge on any atom is -0.347 e. The number of nitrogens with one attached hydrogen (secondary N) is 1. The summed E-state index contributed by atoms with van der Waals surface area (Å²) in [6.07, 6.45) is -2.78. The Kier molecular flexibility index (Phi) is 5.59. The van der Waals surface area contributed by atoms with Crippen LogP contribution in [0.4, 0.5) is 13.2 Å². The topological polar surface area (TPSA) is 64.7 Å². The van der Waals surface area contributed by atoms with Gasteiger partial charge in [-0.15, -0.1) is 0 Å². The molecule has 2 aromatic heterocycles. The fourth-order valence-corrected chi connectivity index (χ4v) is 2.93. The zero-order chi connectivity index (χ0) is 20.5. The molecule has 3 aromatic rings. The van der Waals surface area contributed by atoms with Crippen LogP contribution in [-0.2, 0) is 19.4 Å². The average molecular weight is 456 g/mol. The van der Waals surface area contributed by atoms with Gasteiger partial charge in [-0.3, -0.25) is 9.48 Å². The molecule has 1 N–H and O–H groups in total. The molecule has 0 unspecified atom stereocenters. The molecule has 0 aliphatic rings. The number of alkyl halides is 3. The number of carbonyl (C=O) groups excluding carboxylic acids is 1. The zero-order valence-electron chi connectivity index (χ0n) is 15.1. The lowest BCUT2D eigenvalue weighted by molar-refractivity contribution is -0.137. The third kappa shape index (κ3) is 4.44. The highest BCUT2D eigenvalue weighted by Gasteiger charge is 2.30. The molecule has 0 radical (unpaired) electrons. The van der Waals surface area contributed by atoms with E-state index < -0.39 is 17.6 Å². The quantitative estimate of drug-likeness (QED) is 0.634. The first kappa shape index (κ1) is 20.1. The van der Waals surface area contributed by atoms with Gasteiger partial charge < -0.3 is 5.32 Å². The maximum atomic E-state index is 12.8. The molecule has 2 heterocycles. The van der Waals surface area contributed by atoms with Crippen molar-refractivity contribution in [2.45, 2.75) is 33.2 Å². The van der Waals surface area contributed by atoms with Gasteiger partial charge in [-0.25, -0.2) is 4.68 Å². The first-order chi connectivity index (χ1) is 13.1. The molecule has 1 aromatic carbocycles. The standard InChI is InChI=1S/C18H17BrF3N5O/c1-11-16(19)12(2)27(24-11)10-26-7-6-15(25-26)17(28)23-9-13-4-3-5-14(8-13)18(20,21)22/h3-8H,9-10H2,1-2H3,(H,23,28). The Morgan fingerprint density at radius 1 is 1.21 bits per heavy atom. The molecule has 0 aliphatic heterocycles. The van der Waals surface area contributed by atoms with E-state index in [1.165, 1.54) is 12.1 Å². The lowest BCUT2D eigenvalue weighted by atomic mass is 10.1. The van der Waals surface area contributed by atoms with Crippen molar-refractivity contribution in [1.29, 1.82) is 0 Å². The minimum atomic E-state index is -4.42. The normalized spacial score (nSPS) is 11.6. The monoisotopic (exact) mass is 455 g/mol. The summed E-state index contributed by atoms with van der Waals surface area (Å²) in [5.74, 6) is -0.467. The van der Waals surface area contributed by atoms with Gasteiger partial charge in [-0.2, -0.15) is 23.4 Å². The van der Waals surface area contributed by atoms with Gasteiger partial charge in [0.25, 0.3) is 5.91 Å². The number of hydrogen-bond donors (Lipinski definition) is 1. The van der Waals surface area contributed by atoms with Crippen LogP contribution in [0.3, 0.4) is 0 Å². The first-order valence-corrected chi connectivity index (χ1v) is 9.12. The van der Waals surface area contributed by atoms with Crippen LogP contribution in [0.2, 0.25) is 0 Å². The summed E-state index contributed by atoms with van der Waals surface area (Å²) in [6.45, 7) is 4.10. The fraction of sp³-hybridized carbons (Fsp3) is 0.278. The van der Waals surface area contributed by atoms with Crippen LogP contribution in [-0.4, -0.2) is 25.5 Å². The van der Waals surface area contributed by atoms with Crippen molar-refractivity contribution < 1.29 is 18.0 Å². The van der Waals surface area contributed by atoms with Crippen LogP contribution in [0.1, 0.15) is 33.0 Å². The Balaban J connectivity index is 1.64. The second-order valence-electron chi connectivity index (χ2n) is 6.25. The van der Waals surface area contributed by atoms with Gasteiger partial charge in [0, 0.05) is 12.7 Å². The molecule has 0 atom stereocenters. The Morgan fingerprint density at radius 2 is 1.96 bits per heavy atom. The molecule has 10 heteroatoms. The molecule has 0 saturated heterocycles. The highest BCUT2D eigenvalue weighted by Crippen LogP contribution is 2.29. The number of benzene rings is 1. The summed E-state index contributed by atoms with van der Waals surface area (Å²) in [4.78, 5) is 12.3. The van der Waals surface area contributed by atoms with E-state index in [1.807, 2.05) is 13.8 Å². The molecule has 0 bridgehead atoms. The number of halogens is 4. The zero-order valence-corrected chi connectivity index (χ0v) is 16.7. The Hall–Kier alpha value is -2.62. The van der Waals surface area contributed by atoms with Crippen molar-refractivity contribution >= 4 is 21.8 Å². The van der Waals surface area contributed by atoms with Gasteiger partial charge in [0.2, 0.25) is 0 Å². The van der Waals surface area contributed by atoms with Crippen LogP contribution >= 0.6 is 15.9 Å². The average Bonchev–Trinajstić information content (AvgIpc) is 3.20. The molecule has 148 valence electrons. The fourth-order valence-electron chi connectivity index (χ4n) is 2.64. The molecule has 6 nitrogen and oxygen atoms in total. The van der Waals surface area contributed by atoms with Crippen LogP contribution in [0.25, 0.3) is 0 Å².